The number of hydrogen-bond acceptors (Lipinski definition) is 4. The number of hydrogen-bond donors (Lipinski definition) is 0. The zero-order chi connectivity index (χ0) is 20.4. The van der Waals surface area contributed by atoms with Gasteiger partial charge in [0, 0.05) is 0 Å². The van der Waals surface area contributed by atoms with Gasteiger partial charge in [0.15, 0.2) is 5.92 Å². The van der Waals surface area contributed by atoms with Crippen molar-refractivity contribution in [3.05, 3.63) is 35.4 Å². The third-order valence-corrected chi connectivity index (χ3v) is 5.85. The Morgan fingerprint density at radius 1 is 0.893 bits per heavy atom. The number of ether oxygens (including phenoxy) is 2. The highest BCUT2D eigenvalue weighted by Crippen LogP contribution is 2.38. The van der Waals surface area contributed by atoms with E-state index in [2.05, 4.69) is 19.1 Å². The summed E-state index contributed by atoms with van der Waals surface area (Å²) in [6, 6.07) is 7.92. The highest BCUT2D eigenvalue weighted by Gasteiger charge is 2.31. The van der Waals surface area contributed by atoms with E-state index in [1.54, 1.807) is 13.8 Å². The van der Waals surface area contributed by atoms with Gasteiger partial charge in [-0.25, -0.2) is 0 Å². The Morgan fingerprint density at radius 2 is 1.46 bits per heavy atom. The lowest BCUT2D eigenvalue weighted by Gasteiger charge is -2.29. The van der Waals surface area contributed by atoms with Crippen molar-refractivity contribution in [2.75, 3.05) is 13.2 Å². The maximum atomic E-state index is 12.3. The molecule has 0 heterocycles. The van der Waals surface area contributed by atoms with Crippen LogP contribution in [0.4, 0.5) is 0 Å². The topological polar surface area (TPSA) is 52.6 Å². The molecule has 28 heavy (non-hydrogen) atoms. The van der Waals surface area contributed by atoms with Gasteiger partial charge < -0.3 is 9.47 Å². The van der Waals surface area contributed by atoms with Crippen LogP contribution in [0.3, 0.4) is 0 Å². The quantitative estimate of drug-likeness (QED) is 0.291. The second kappa shape index (κ2) is 11.9. The van der Waals surface area contributed by atoms with Crippen LogP contribution in [0, 0.1) is 5.92 Å². The Morgan fingerprint density at radius 3 is 1.96 bits per heavy atom. The lowest BCUT2D eigenvalue weighted by atomic mass is 9.77. The molecular weight excluding hydrogens is 352 g/mol. The summed E-state index contributed by atoms with van der Waals surface area (Å²) in [6.45, 7) is 6.22. The van der Waals surface area contributed by atoms with Crippen molar-refractivity contribution in [1.82, 2.24) is 0 Å². The summed E-state index contributed by atoms with van der Waals surface area (Å²) in [5.41, 5.74) is 1.95. The molecule has 0 N–H and O–H groups in total. The second-order valence-electron chi connectivity index (χ2n) is 7.82. The maximum absolute atomic E-state index is 12.3. The van der Waals surface area contributed by atoms with Gasteiger partial charge in [0.1, 0.15) is 0 Å². The lowest BCUT2D eigenvalue weighted by Crippen LogP contribution is -2.26. The van der Waals surface area contributed by atoms with Gasteiger partial charge in [-0.3, -0.25) is 9.59 Å². The summed E-state index contributed by atoms with van der Waals surface area (Å²) in [5.74, 6) is -0.606. The Kier molecular flexibility index (Phi) is 9.52. The van der Waals surface area contributed by atoms with Crippen molar-refractivity contribution in [3.8, 4) is 0 Å². The summed E-state index contributed by atoms with van der Waals surface area (Å²) in [7, 11) is 0. The normalized spacial score (nSPS) is 19.4. The summed E-state index contributed by atoms with van der Waals surface area (Å²) in [4.78, 5) is 24.5. The first-order valence-electron chi connectivity index (χ1n) is 11.0. The van der Waals surface area contributed by atoms with E-state index in [-0.39, 0.29) is 13.2 Å². The molecule has 1 fully saturated rings. The Labute approximate surface area is 170 Å². The van der Waals surface area contributed by atoms with Gasteiger partial charge in [0.25, 0.3) is 0 Å². The van der Waals surface area contributed by atoms with Crippen molar-refractivity contribution in [3.63, 3.8) is 0 Å². The van der Waals surface area contributed by atoms with E-state index in [1.807, 2.05) is 12.1 Å². The first-order chi connectivity index (χ1) is 13.6. The van der Waals surface area contributed by atoms with Crippen LogP contribution < -0.4 is 0 Å². The van der Waals surface area contributed by atoms with Gasteiger partial charge in [-0.15, -0.1) is 0 Å². The van der Waals surface area contributed by atoms with Crippen molar-refractivity contribution in [2.24, 2.45) is 5.92 Å². The fourth-order valence-corrected chi connectivity index (χ4v) is 4.25. The molecule has 1 saturated carbocycles. The highest BCUT2D eigenvalue weighted by molar-refractivity contribution is 6.00. The van der Waals surface area contributed by atoms with Gasteiger partial charge in [0.2, 0.25) is 0 Å². The standard InChI is InChI=1S/C24H36O4/c1-4-7-8-9-18-10-12-19(13-11-18)20-14-16-21(17-15-20)22(23(25)27-5-2)24(26)28-6-3/h14-19,22H,4-13H2,1-3H3. The van der Waals surface area contributed by atoms with Gasteiger partial charge in [0.05, 0.1) is 13.2 Å². The number of esters is 2. The summed E-state index contributed by atoms with van der Waals surface area (Å²) in [5, 5.41) is 0. The minimum atomic E-state index is -0.997. The average molecular weight is 389 g/mol. The minimum absolute atomic E-state index is 0.244. The van der Waals surface area contributed by atoms with Crippen molar-refractivity contribution < 1.29 is 19.1 Å². The molecule has 1 aliphatic carbocycles. The Hall–Kier alpha value is -1.84. The van der Waals surface area contributed by atoms with Crippen LogP contribution in [-0.4, -0.2) is 25.2 Å². The van der Waals surface area contributed by atoms with Crippen LogP contribution in [-0.2, 0) is 19.1 Å². The van der Waals surface area contributed by atoms with Crippen LogP contribution in [0.1, 0.15) is 95.1 Å². The maximum Gasteiger partial charge on any atom is 0.324 e. The van der Waals surface area contributed by atoms with Crippen LogP contribution in [0.5, 0.6) is 0 Å². The van der Waals surface area contributed by atoms with Crippen LogP contribution >= 0.6 is 0 Å². The van der Waals surface area contributed by atoms with E-state index in [4.69, 9.17) is 9.47 Å². The zero-order valence-electron chi connectivity index (χ0n) is 17.7. The summed E-state index contributed by atoms with van der Waals surface area (Å²) >= 11 is 0. The molecular formula is C24H36O4. The van der Waals surface area contributed by atoms with E-state index in [9.17, 15) is 9.59 Å². The second-order valence-corrected chi connectivity index (χ2v) is 7.82. The monoisotopic (exact) mass is 388 g/mol. The first-order valence-corrected chi connectivity index (χ1v) is 11.0. The summed E-state index contributed by atoms with van der Waals surface area (Å²) in [6.07, 6.45) is 10.5. The number of unbranched alkanes of at least 4 members (excludes halogenated alkanes) is 2. The molecule has 2 rings (SSSR count). The molecule has 0 aromatic heterocycles. The Bertz CT molecular complexity index is 582. The van der Waals surface area contributed by atoms with E-state index in [0.29, 0.717) is 11.5 Å². The van der Waals surface area contributed by atoms with Crippen LogP contribution in [0.15, 0.2) is 24.3 Å². The van der Waals surface area contributed by atoms with Gasteiger partial charge in [-0.05, 0) is 62.5 Å². The fraction of sp³-hybridized carbons (Fsp3) is 0.667. The zero-order valence-corrected chi connectivity index (χ0v) is 17.7. The molecule has 4 heteroatoms. The molecule has 1 aliphatic rings. The Balaban J connectivity index is 1.99. The van der Waals surface area contributed by atoms with Crippen molar-refractivity contribution in [2.45, 2.75) is 84.0 Å². The molecule has 1 aromatic rings. The molecule has 0 bridgehead atoms. The number of benzene rings is 1. The molecule has 156 valence electrons. The van der Waals surface area contributed by atoms with Crippen molar-refractivity contribution in [1.29, 1.82) is 0 Å². The minimum Gasteiger partial charge on any atom is -0.465 e. The molecule has 0 amide bonds. The van der Waals surface area contributed by atoms with E-state index >= 15 is 0 Å². The summed E-state index contributed by atoms with van der Waals surface area (Å²) < 4.78 is 10.2. The molecule has 0 aliphatic heterocycles. The molecule has 0 spiro atoms. The van der Waals surface area contributed by atoms with Gasteiger partial charge in [-0.2, -0.15) is 0 Å². The third-order valence-electron chi connectivity index (χ3n) is 5.85. The van der Waals surface area contributed by atoms with Crippen molar-refractivity contribution >= 4 is 11.9 Å². The van der Waals surface area contributed by atoms with E-state index in [0.717, 1.165) is 5.92 Å². The SMILES string of the molecule is CCCCCC1CCC(c2ccc(C(C(=O)OCC)C(=O)OCC)cc2)CC1. The first kappa shape index (κ1) is 22.4. The van der Waals surface area contributed by atoms with Gasteiger partial charge in [-0.1, -0.05) is 56.9 Å². The van der Waals surface area contributed by atoms with Gasteiger partial charge >= 0.3 is 11.9 Å². The average Bonchev–Trinajstić information content (AvgIpc) is 2.70. The molecule has 0 atom stereocenters. The molecule has 0 radical (unpaired) electrons. The molecule has 0 saturated heterocycles. The predicted molar refractivity (Wildman–Crippen MR) is 111 cm³/mol. The number of rotatable bonds is 10. The predicted octanol–water partition coefficient (Wildman–Crippen LogP) is 5.75. The molecule has 1 aromatic carbocycles. The molecule has 0 unspecified atom stereocenters. The van der Waals surface area contributed by atoms with E-state index < -0.39 is 17.9 Å². The number of carbonyl (C=O) groups excluding carboxylic acids is 2. The highest BCUT2D eigenvalue weighted by atomic mass is 16.6. The number of carbonyl (C=O) groups is 2. The van der Waals surface area contributed by atoms with Crippen LogP contribution in [0.25, 0.3) is 0 Å². The lowest BCUT2D eigenvalue weighted by molar-refractivity contribution is -0.156. The fourth-order valence-electron chi connectivity index (χ4n) is 4.25. The molecule has 4 nitrogen and oxygen atoms in total. The van der Waals surface area contributed by atoms with E-state index in [1.165, 1.54) is 56.9 Å². The smallest absolute Gasteiger partial charge is 0.324 e. The van der Waals surface area contributed by atoms with Crippen LogP contribution in [0.2, 0.25) is 0 Å². The third kappa shape index (κ3) is 6.35. The largest absolute Gasteiger partial charge is 0.465 e.